The molecule has 0 heterocycles. The summed E-state index contributed by atoms with van der Waals surface area (Å²) in [6.45, 7) is 5.57. The van der Waals surface area contributed by atoms with Crippen LogP contribution in [0.2, 0.25) is 5.02 Å². The molecule has 0 aliphatic rings. The molecule has 0 saturated heterocycles. The van der Waals surface area contributed by atoms with Gasteiger partial charge in [-0.25, -0.2) is 0 Å². The second kappa shape index (κ2) is 7.49. The van der Waals surface area contributed by atoms with Crippen LogP contribution in [0.4, 0.5) is 5.69 Å². The first kappa shape index (κ1) is 18.0. The van der Waals surface area contributed by atoms with E-state index in [1.54, 1.807) is 38.1 Å². The molecule has 0 unspecified atom stereocenters. The Kier molecular flexibility index (Phi) is 5.62. The van der Waals surface area contributed by atoms with Crippen LogP contribution in [0.1, 0.15) is 25.0 Å². The van der Waals surface area contributed by atoms with Gasteiger partial charge in [-0.3, -0.25) is 9.59 Å². The molecule has 2 amide bonds. The predicted molar refractivity (Wildman–Crippen MR) is 96.9 cm³/mol. The number of halogens is 1. The van der Waals surface area contributed by atoms with Gasteiger partial charge in [-0.15, -0.1) is 0 Å². The van der Waals surface area contributed by atoms with Gasteiger partial charge in [0.15, 0.2) is 0 Å². The fourth-order valence-electron chi connectivity index (χ4n) is 2.18. The number of hydrogen-bond donors (Lipinski definition) is 2. The van der Waals surface area contributed by atoms with Crippen molar-refractivity contribution in [1.29, 1.82) is 0 Å². The fourth-order valence-corrected chi connectivity index (χ4v) is 2.37. The van der Waals surface area contributed by atoms with Crippen molar-refractivity contribution < 1.29 is 9.59 Å². The van der Waals surface area contributed by atoms with Crippen molar-refractivity contribution in [2.24, 2.45) is 5.41 Å². The quantitative estimate of drug-likeness (QED) is 0.807. The largest absolute Gasteiger partial charge is 0.351 e. The Morgan fingerprint density at radius 1 is 1.04 bits per heavy atom. The SMILES string of the molecule is Cc1cccc(CNC(=O)C(C)(C)C(=O)Nc2cccc(Cl)c2)c1. The monoisotopic (exact) mass is 344 g/mol. The molecule has 0 fully saturated rings. The molecule has 0 saturated carbocycles. The summed E-state index contributed by atoms with van der Waals surface area (Å²) < 4.78 is 0. The van der Waals surface area contributed by atoms with E-state index in [1.807, 2.05) is 31.2 Å². The highest BCUT2D eigenvalue weighted by Crippen LogP contribution is 2.21. The summed E-state index contributed by atoms with van der Waals surface area (Å²) in [7, 11) is 0. The topological polar surface area (TPSA) is 58.2 Å². The average Bonchev–Trinajstić information content (AvgIpc) is 2.52. The fraction of sp³-hybridized carbons (Fsp3) is 0.263. The van der Waals surface area contributed by atoms with Crippen molar-refractivity contribution >= 4 is 29.1 Å². The Bertz CT molecular complexity index is 757. The van der Waals surface area contributed by atoms with Crippen LogP contribution < -0.4 is 10.6 Å². The number of nitrogens with one attached hydrogen (secondary N) is 2. The van der Waals surface area contributed by atoms with Crippen LogP contribution in [-0.2, 0) is 16.1 Å². The highest BCUT2D eigenvalue weighted by molar-refractivity contribution is 6.31. The van der Waals surface area contributed by atoms with E-state index in [4.69, 9.17) is 11.6 Å². The number of carbonyl (C=O) groups is 2. The lowest BCUT2D eigenvalue weighted by atomic mass is 9.90. The predicted octanol–water partition coefficient (Wildman–Crippen LogP) is 3.93. The molecule has 0 bridgehead atoms. The summed E-state index contributed by atoms with van der Waals surface area (Å²) in [4.78, 5) is 24.9. The lowest BCUT2D eigenvalue weighted by Crippen LogP contribution is -2.44. The van der Waals surface area contributed by atoms with Crippen LogP contribution in [0.5, 0.6) is 0 Å². The first-order valence-electron chi connectivity index (χ1n) is 7.70. The summed E-state index contributed by atoms with van der Waals surface area (Å²) >= 11 is 5.90. The van der Waals surface area contributed by atoms with Gasteiger partial charge in [0.05, 0.1) is 0 Å². The summed E-state index contributed by atoms with van der Waals surface area (Å²) in [5.41, 5.74) is 1.48. The molecular formula is C19H21ClN2O2. The standard InChI is InChI=1S/C19H21ClN2O2/c1-13-6-4-7-14(10-13)12-21-17(23)19(2,3)18(24)22-16-9-5-8-15(20)11-16/h4-11H,12H2,1-3H3,(H,21,23)(H,22,24). The molecule has 0 radical (unpaired) electrons. The van der Waals surface area contributed by atoms with Crippen LogP contribution in [0.25, 0.3) is 0 Å². The Morgan fingerprint density at radius 2 is 1.75 bits per heavy atom. The van der Waals surface area contributed by atoms with Crippen molar-refractivity contribution in [3.8, 4) is 0 Å². The highest BCUT2D eigenvalue weighted by Gasteiger charge is 2.35. The van der Waals surface area contributed by atoms with Gasteiger partial charge in [0, 0.05) is 17.3 Å². The molecule has 5 heteroatoms. The maximum absolute atomic E-state index is 12.4. The normalized spacial score (nSPS) is 11.0. The molecule has 0 atom stereocenters. The smallest absolute Gasteiger partial charge is 0.239 e. The summed E-state index contributed by atoms with van der Waals surface area (Å²) in [6.07, 6.45) is 0. The van der Waals surface area contributed by atoms with Crippen LogP contribution >= 0.6 is 11.6 Å². The molecule has 2 aromatic carbocycles. The molecular weight excluding hydrogens is 324 g/mol. The first-order chi connectivity index (χ1) is 11.3. The Morgan fingerprint density at radius 3 is 2.42 bits per heavy atom. The number of anilines is 1. The van der Waals surface area contributed by atoms with Crippen molar-refractivity contribution in [3.05, 3.63) is 64.7 Å². The van der Waals surface area contributed by atoms with Crippen LogP contribution in [0.3, 0.4) is 0 Å². The van der Waals surface area contributed by atoms with Gasteiger partial charge < -0.3 is 10.6 Å². The molecule has 126 valence electrons. The van der Waals surface area contributed by atoms with Crippen LogP contribution in [0, 0.1) is 12.3 Å². The Balaban J connectivity index is 1.99. The van der Waals surface area contributed by atoms with Crippen molar-refractivity contribution in [2.75, 3.05) is 5.32 Å². The van der Waals surface area contributed by atoms with Gasteiger partial charge >= 0.3 is 0 Å². The third-order valence-corrected chi connectivity index (χ3v) is 3.99. The summed E-state index contributed by atoms with van der Waals surface area (Å²) in [5.74, 6) is -0.713. The zero-order valence-corrected chi connectivity index (χ0v) is 14.8. The highest BCUT2D eigenvalue weighted by atomic mass is 35.5. The molecule has 2 N–H and O–H groups in total. The minimum Gasteiger partial charge on any atom is -0.351 e. The lowest BCUT2D eigenvalue weighted by Gasteiger charge is -2.23. The molecule has 0 spiro atoms. The van der Waals surface area contributed by atoms with E-state index in [0.717, 1.165) is 11.1 Å². The molecule has 0 aliphatic carbocycles. The second-order valence-corrected chi connectivity index (χ2v) is 6.70. The van der Waals surface area contributed by atoms with Crippen molar-refractivity contribution in [3.63, 3.8) is 0 Å². The molecule has 0 aliphatic heterocycles. The lowest BCUT2D eigenvalue weighted by molar-refractivity contribution is -0.138. The van der Waals surface area contributed by atoms with E-state index in [0.29, 0.717) is 17.3 Å². The Labute approximate surface area is 147 Å². The van der Waals surface area contributed by atoms with Crippen LogP contribution in [-0.4, -0.2) is 11.8 Å². The summed E-state index contributed by atoms with van der Waals surface area (Å²) in [6, 6.07) is 14.7. The average molecular weight is 345 g/mol. The second-order valence-electron chi connectivity index (χ2n) is 6.26. The van der Waals surface area contributed by atoms with Crippen molar-refractivity contribution in [2.45, 2.75) is 27.3 Å². The first-order valence-corrected chi connectivity index (χ1v) is 8.08. The molecule has 24 heavy (non-hydrogen) atoms. The minimum atomic E-state index is -1.20. The van der Waals surface area contributed by atoms with E-state index in [1.165, 1.54) is 0 Å². The molecule has 0 aromatic heterocycles. The zero-order chi connectivity index (χ0) is 17.7. The maximum Gasteiger partial charge on any atom is 0.239 e. The van der Waals surface area contributed by atoms with Gasteiger partial charge in [0.1, 0.15) is 5.41 Å². The number of benzene rings is 2. The van der Waals surface area contributed by atoms with E-state index >= 15 is 0 Å². The van der Waals surface area contributed by atoms with E-state index in [2.05, 4.69) is 10.6 Å². The number of rotatable bonds is 5. The minimum absolute atomic E-state index is 0.330. The summed E-state index contributed by atoms with van der Waals surface area (Å²) in [5, 5.41) is 6.07. The number of carbonyl (C=O) groups excluding carboxylic acids is 2. The van der Waals surface area contributed by atoms with Crippen LogP contribution in [0.15, 0.2) is 48.5 Å². The van der Waals surface area contributed by atoms with Gasteiger partial charge in [-0.2, -0.15) is 0 Å². The third kappa shape index (κ3) is 4.59. The van der Waals surface area contributed by atoms with Gasteiger partial charge in [-0.1, -0.05) is 47.5 Å². The maximum atomic E-state index is 12.4. The zero-order valence-electron chi connectivity index (χ0n) is 14.0. The number of amides is 2. The van der Waals surface area contributed by atoms with Gasteiger partial charge in [0.25, 0.3) is 0 Å². The van der Waals surface area contributed by atoms with E-state index in [-0.39, 0.29) is 11.8 Å². The van der Waals surface area contributed by atoms with Crippen molar-refractivity contribution in [1.82, 2.24) is 5.32 Å². The number of aryl methyl sites for hydroxylation is 1. The number of hydrogen-bond acceptors (Lipinski definition) is 2. The molecule has 4 nitrogen and oxygen atoms in total. The third-order valence-electron chi connectivity index (χ3n) is 3.75. The molecule has 2 rings (SSSR count). The van der Waals surface area contributed by atoms with Gasteiger partial charge in [-0.05, 0) is 44.5 Å². The van der Waals surface area contributed by atoms with Gasteiger partial charge in [0.2, 0.25) is 11.8 Å². The van der Waals surface area contributed by atoms with E-state index < -0.39 is 5.41 Å². The Hall–Kier alpha value is -2.33. The van der Waals surface area contributed by atoms with E-state index in [9.17, 15) is 9.59 Å². The molecule has 2 aromatic rings.